The van der Waals surface area contributed by atoms with Crippen LogP contribution in [0.3, 0.4) is 0 Å². The molecule has 1 N–H and O–H groups in total. The number of amides is 2. The largest absolute Gasteiger partial charge is 0.494 e. The molecule has 1 aromatic heterocycles. The number of nitriles is 1. The van der Waals surface area contributed by atoms with Gasteiger partial charge in [0.15, 0.2) is 0 Å². The third-order valence-electron chi connectivity index (χ3n) is 5.28. The topological polar surface area (TPSA) is 95.6 Å². The molecule has 0 bridgehead atoms. The quantitative estimate of drug-likeness (QED) is 0.367. The van der Waals surface area contributed by atoms with Crippen LogP contribution < -0.4 is 15.0 Å². The van der Waals surface area contributed by atoms with Crippen molar-refractivity contribution in [3.63, 3.8) is 0 Å². The van der Waals surface area contributed by atoms with E-state index >= 15 is 0 Å². The van der Waals surface area contributed by atoms with Crippen LogP contribution in [-0.4, -0.2) is 23.7 Å². The highest BCUT2D eigenvalue weighted by Crippen LogP contribution is 2.42. The molecule has 0 radical (unpaired) electrons. The molecule has 0 aliphatic carbocycles. The van der Waals surface area contributed by atoms with E-state index in [1.807, 2.05) is 13.0 Å². The number of nitrogens with zero attached hydrogens (tertiary/aromatic N) is 2. The number of hydrogen-bond donors (Lipinski definition) is 1. The Morgan fingerprint density at radius 3 is 2.63 bits per heavy atom. The van der Waals surface area contributed by atoms with Gasteiger partial charge in [-0.15, -0.1) is 0 Å². The van der Waals surface area contributed by atoms with Crippen molar-refractivity contribution < 1.29 is 23.1 Å². The Hall–Kier alpha value is -4.03. The number of hydrogen-bond acceptors (Lipinski definition) is 6. The summed E-state index contributed by atoms with van der Waals surface area (Å²) in [5.74, 6) is -0.245. The van der Waals surface area contributed by atoms with Crippen molar-refractivity contribution in [2.75, 3.05) is 11.5 Å². The third-order valence-corrected chi connectivity index (χ3v) is 6.54. The van der Waals surface area contributed by atoms with Crippen molar-refractivity contribution in [3.05, 3.63) is 94.7 Å². The smallest absolute Gasteiger partial charge is 0.265 e. The van der Waals surface area contributed by atoms with Gasteiger partial charge in [0.05, 0.1) is 24.7 Å². The minimum atomic E-state index is -0.713. The monoisotopic (exact) mass is 491 g/mol. The van der Waals surface area contributed by atoms with Crippen molar-refractivity contribution in [3.8, 4) is 11.8 Å². The molecule has 1 aliphatic rings. The van der Waals surface area contributed by atoms with Crippen molar-refractivity contribution in [2.24, 2.45) is 0 Å². The van der Waals surface area contributed by atoms with Crippen molar-refractivity contribution in [1.82, 2.24) is 5.32 Å². The maximum absolute atomic E-state index is 14.3. The van der Waals surface area contributed by atoms with Gasteiger partial charge in [-0.2, -0.15) is 5.26 Å². The van der Waals surface area contributed by atoms with E-state index in [9.17, 15) is 19.2 Å². The van der Waals surface area contributed by atoms with Gasteiger partial charge in [0.2, 0.25) is 5.91 Å². The number of carbonyl (C=O) groups excluding carboxylic acids is 2. The third kappa shape index (κ3) is 5.39. The highest BCUT2D eigenvalue weighted by Gasteiger charge is 2.41. The van der Waals surface area contributed by atoms with Crippen molar-refractivity contribution in [1.29, 1.82) is 5.26 Å². The van der Waals surface area contributed by atoms with Gasteiger partial charge in [0.25, 0.3) is 5.91 Å². The summed E-state index contributed by atoms with van der Waals surface area (Å²) in [7, 11) is 0. The van der Waals surface area contributed by atoms with E-state index in [-0.39, 0.29) is 29.5 Å². The summed E-state index contributed by atoms with van der Waals surface area (Å²) in [4.78, 5) is 27.8. The summed E-state index contributed by atoms with van der Waals surface area (Å²) in [6, 6.07) is 18.4. The average molecular weight is 492 g/mol. The molecular weight excluding hydrogens is 469 g/mol. The summed E-state index contributed by atoms with van der Waals surface area (Å²) in [6.45, 7) is 2.44. The van der Waals surface area contributed by atoms with Crippen LogP contribution in [0.1, 0.15) is 18.2 Å². The van der Waals surface area contributed by atoms with E-state index in [1.165, 1.54) is 17.2 Å². The predicted molar refractivity (Wildman–Crippen MR) is 130 cm³/mol. The van der Waals surface area contributed by atoms with Gasteiger partial charge in [0, 0.05) is 5.69 Å². The van der Waals surface area contributed by atoms with Crippen molar-refractivity contribution >= 4 is 29.3 Å². The minimum Gasteiger partial charge on any atom is -0.494 e. The van der Waals surface area contributed by atoms with E-state index in [4.69, 9.17) is 9.15 Å². The first-order valence-corrected chi connectivity index (χ1v) is 11.8. The highest BCUT2D eigenvalue weighted by molar-refractivity contribution is 8.05. The summed E-state index contributed by atoms with van der Waals surface area (Å²) < 4.78 is 25.0. The molecule has 1 saturated heterocycles. The van der Waals surface area contributed by atoms with E-state index in [0.29, 0.717) is 29.4 Å². The van der Waals surface area contributed by atoms with Gasteiger partial charge < -0.3 is 14.5 Å². The second-order valence-electron chi connectivity index (χ2n) is 7.56. The molecule has 2 amide bonds. The van der Waals surface area contributed by atoms with Gasteiger partial charge in [-0.05, 0) is 61.4 Å². The fraction of sp³-hybridized carbons (Fsp3) is 0.192. The number of benzene rings is 2. The lowest BCUT2D eigenvalue weighted by Crippen LogP contribution is -2.32. The lowest BCUT2D eigenvalue weighted by Gasteiger charge is -2.19. The molecule has 7 nitrogen and oxygen atoms in total. The van der Waals surface area contributed by atoms with Gasteiger partial charge in [-0.3, -0.25) is 14.5 Å². The second kappa shape index (κ2) is 10.9. The van der Waals surface area contributed by atoms with Crippen LogP contribution in [-0.2, 0) is 22.6 Å². The molecular formula is C26H22FN3O4S. The number of nitrogens with one attached hydrogen (secondary N) is 1. The number of halogens is 1. The molecule has 35 heavy (non-hydrogen) atoms. The molecule has 2 aromatic carbocycles. The van der Waals surface area contributed by atoms with Crippen LogP contribution in [0.25, 0.3) is 0 Å². The van der Waals surface area contributed by atoms with Crippen LogP contribution in [0.4, 0.5) is 10.1 Å². The Morgan fingerprint density at radius 2 is 1.97 bits per heavy atom. The van der Waals surface area contributed by atoms with Gasteiger partial charge >= 0.3 is 0 Å². The Kier molecular flexibility index (Phi) is 7.53. The standard InChI is InChI=1S/C26H22FN3O4S/c1-2-33-19-11-9-18(10-12-19)30-25(32)23(14-17-6-3-4-8-22(17)27)35-26(30)21(15-28)24(31)29-16-20-7-5-13-34-20/h3-13,23H,2,14,16H2,1H3,(H,29,31)/b26-21-. The van der Waals surface area contributed by atoms with E-state index in [2.05, 4.69) is 5.32 Å². The second-order valence-corrected chi connectivity index (χ2v) is 8.75. The lowest BCUT2D eigenvalue weighted by atomic mass is 10.1. The zero-order valence-electron chi connectivity index (χ0n) is 18.9. The molecule has 178 valence electrons. The molecule has 1 aliphatic heterocycles. The fourth-order valence-electron chi connectivity index (χ4n) is 3.61. The van der Waals surface area contributed by atoms with Crippen LogP contribution in [0, 0.1) is 17.1 Å². The Balaban J connectivity index is 1.68. The molecule has 1 unspecified atom stereocenters. The molecule has 1 fully saturated rings. The van der Waals surface area contributed by atoms with Crippen LogP contribution in [0.15, 0.2) is 81.9 Å². The van der Waals surface area contributed by atoms with Gasteiger partial charge in [0.1, 0.15) is 34.0 Å². The number of thioether (sulfide) groups is 1. The van der Waals surface area contributed by atoms with Gasteiger partial charge in [-0.1, -0.05) is 30.0 Å². The first kappa shape index (κ1) is 24.1. The summed E-state index contributed by atoms with van der Waals surface area (Å²) in [6.07, 6.45) is 1.59. The fourth-order valence-corrected chi connectivity index (χ4v) is 4.91. The highest BCUT2D eigenvalue weighted by atomic mass is 32.2. The number of ether oxygens (including phenoxy) is 1. The summed E-state index contributed by atoms with van der Waals surface area (Å²) in [5, 5.41) is 12.0. The normalized spacial score (nSPS) is 16.7. The molecule has 0 spiro atoms. The lowest BCUT2D eigenvalue weighted by molar-refractivity contribution is -0.117. The Bertz CT molecular complexity index is 1280. The first-order chi connectivity index (χ1) is 17.0. The summed E-state index contributed by atoms with van der Waals surface area (Å²) in [5.41, 5.74) is 0.649. The number of furan rings is 1. The molecule has 1 atom stereocenters. The van der Waals surface area contributed by atoms with Crippen molar-refractivity contribution in [2.45, 2.75) is 25.1 Å². The Labute approximate surface area is 206 Å². The van der Waals surface area contributed by atoms with Crippen LogP contribution in [0.2, 0.25) is 0 Å². The zero-order valence-corrected chi connectivity index (χ0v) is 19.7. The summed E-state index contributed by atoms with van der Waals surface area (Å²) >= 11 is 1.08. The molecule has 9 heteroatoms. The van der Waals surface area contributed by atoms with E-state index in [0.717, 1.165) is 11.8 Å². The maximum atomic E-state index is 14.3. The van der Waals surface area contributed by atoms with Gasteiger partial charge in [-0.25, -0.2) is 4.39 Å². The van der Waals surface area contributed by atoms with Crippen LogP contribution >= 0.6 is 11.8 Å². The Morgan fingerprint density at radius 1 is 1.20 bits per heavy atom. The minimum absolute atomic E-state index is 0.0879. The first-order valence-electron chi connectivity index (χ1n) is 10.9. The number of rotatable bonds is 8. The van der Waals surface area contributed by atoms with Crippen LogP contribution in [0.5, 0.6) is 5.75 Å². The molecule has 4 rings (SSSR count). The van der Waals surface area contributed by atoms with E-state index < -0.39 is 17.0 Å². The maximum Gasteiger partial charge on any atom is 0.265 e. The SMILES string of the molecule is CCOc1ccc(N2C(=O)C(Cc3ccccc3F)S/C2=C(/C#N)C(=O)NCc2ccco2)cc1. The predicted octanol–water partition coefficient (Wildman–Crippen LogP) is 4.56. The molecule has 0 saturated carbocycles. The molecule has 3 aromatic rings. The zero-order chi connectivity index (χ0) is 24.8. The number of carbonyl (C=O) groups is 2. The average Bonchev–Trinajstić information content (AvgIpc) is 3.49. The molecule has 2 heterocycles. The number of anilines is 1. The van der Waals surface area contributed by atoms with E-state index in [1.54, 1.807) is 54.6 Å².